The molecule has 0 rings (SSSR count). The van der Waals surface area contributed by atoms with E-state index in [9.17, 15) is 9.59 Å². The Kier molecular flexibility index (Phi) is 11.0. The summed E-state index contributed by atoms with van der Waals surface area (Å²) in [4.78, 5) is 22.7. The smallest absolute Gasteiger partial charge is 0.305 e. The van der Waals surface area contributed by atoms with E-state index in [4.69, 9.17) is 10.5 Å². The van der Waals surface area contributed by atoms with Crippen molar-refractivity contribution in [1.82, 2.24) is 5.32 Å². The number of carbonyl (C=O) groups excluding carboxylic acids is 2. The van der Waals surface area contributed by atoms with Gasteiger partial charge in [0.05, 0.1) is 12.1 Å². The van der Waals surface area contributed by atoms with Crippen LogP contribution in [0.5, 0.6) is 0 Å². The van der Waals surface area contributed by atoms with E-state index in [1.165, 1.54) is 0 Å². The highest BCUT2D eigenvalue weighted by atomic mass is 35.5. The molecular weight excluding hydrogens is 256 g/mol. The number of carbonyl (C=O) groups is 2. The van der Waals surface area contributed by atoms with Crippen LogP contribution in [0, 0.1) is 0 Å². The minimum Gasteiger partial charge on any atom is -0.466 e. The van der Waals surface area contributed by atoms with E-state index >= 15 is 0 Å². The van der Waals surface area contributed by atoms with E-state index in [1.807, 2.05) is 6.92 Å². The molecule has 0 aliphatic heterocycles. The summed E-state index contributed by atoms with van der Waals surface area (Å²) in [6.07, 6.45) is 2.41. The monoisotopic (exact) mass is 280 g/mol. The number of nitrogens with two attached hydrogens (primary N) is 1. The van der Waals surface area contributed by atoms with E-state index in [0.29, 0.717) is 32.4 Å². The maximum atomic E-state index is 11.7. The van der Waals surface area contributed by atoms with E-state index < -0.39 is 5.54 Å². The normalized spacial score (nSPS) is 13.1. The molecule has 0 bridgehead atoms. The van der Waals surface area contributed by atoms with Crippen molar-refractivity contribution in [2.75, 3.05) is 13.2 Å². The highest BCUT2D eigenvalue weighted by molar-refractivity contribution is 5.85. The van der Waals surface area contributed by atoms with Crippen LogP contribution in [0.3, 0.4) is 0 Å². The summed E-state index contributed by atoms with van der Waals surface area (Å²) < 4.78 is 4.78. The lowest BCUT2D eigenvalue weighted by Crippen LogP contribution is -2.51. The molecule has 0 radical (unpaired) electrons. The molecule has 1 unspecified atom stereocenters. The van der Waals surface area contributed by atoms with Crippen molar-refractivity contribution in [3.05, 3.63) is 0 Å². The molecule has 0 heterocycles. The SMILES string of the molecule is CCCC(C)(N)C(=O)NCCCC(=O)OCC.Cl. The third-order valence-electron chi connectivity index (χ3n) is 2.44. The summed E-state index contributed by atoms with van der Waals surface area (Å²) >= 11 is 0. The molecule has 0 aliphatic rings. The molecule has 1 atom stereocenters. The van der Waals surface area contributed by atoms with Crippen LogP contribution in [0.25, 0.3) is 0 Å². The second-order valence-electron chi connectivity index (χ2n) is 4.33. The molecule has 5 nitrogen and oxygen atoms in total. The zero-order valence-electron chi connectivity index (χ0n) is 11.5. The predicted octanol–water partition coefficient (Wildman–Crippen LogP) is 1.39. The van der Waals surface area contributed by atoms with Crippen LogP contribution in [-0.2, 0) is 14.3 Å². The average molecular weight is 281 g/mol. The Morgan fingerprint density at radius 2 is 1.94 bits per heavy atom. The van der Waals surface area contributed by atoms with Gasteiger partial charge in [-0.25, -0.2) is 0 Å². The third-order valence-corrected chi connectivity index (χ3v) is 2.44. The van der Waals surface area contributed by atoms with E-state index in [-0.39, 0.29) is 24.3 Å². The zero-order chi connectivity index (χ0) is 13.3. The van der Waals surface area contributed by atoms with Gasteiger partial charge in [0.2, 0.25) is 5.91 Å². The standard InChI is InChI=1S/C12H24N2O3.ClH/c1-4-8-12(3,13)11(16)14-9-6-7-10(15)17-5-2;/h4-9,13H2,1-3H3,(H,14,16);1H. The lowest BCUT2D eigenvalue weighted by molar-refractivity contribution is -0.143. The molecule has 18 heavy (non-hydrogen) atoms. The number of hydrogen-bond donors (Lipinski definition) is 2. The molecule has 1 amide bonds. The third kappa shape index (κ3) is 8.31. The largest absolute Gasteiger partial charge is 0.466 e. The second-order valence-corrected chi connectivity index (χ2v) is 4.33. The van der Waals surface area contributed by atoms with E-state index in [0.717, 1.165) is 6.42 Å². The second kappa shape index (κ2) is 10.1. The van der Waals surface area contributed by atoms with E-state index in [1.54, 1.807) is 13.8 Å². The molecule has 0 aliphatic carbocycles. The maximum Gasteiger partial charge on any atom is 0.305 e. The van der Waals surface area contributed by atoms with Crippen LogP contribution in [0.4, 0.5) is 0 Å². The van der Waals surface area contributed by atoms with Crippen LogP contribution in [0.2, 0.25) is 0 Å². The van der Waals surface area contributed by atoms with Gasteiger partial charge in [-0.15, -0.1) is 12.4 Å². The Hall–Kier alpha value is -0.810. The van der Waals surface area contributed by atoms with Gasteiger partial charge < -0.3 is 15.8 Å². The summed E-state index contributed by atoms with van der Waals surface area (Å²) in [7, 11) is 0. The minimum atomic E-state index is -0.821. The number of esters is 1. The van der Waals surface area contributed by atoms with Gasteiger partial charge in [-0.05, 0) is 26.7 Å². The maximum absolute atomic E-state index is 11.7. The molecule has 3 N–H and O–H groups in total. The fraction of sp³-hybridized carbons (Fsp3) is 0.833. The summed E-state index contributed by atoms with van der Waals surface area (Å²) in [5.41, 5.74) is 5.04. The fourth-order valence-electron chi connectivity index (χ4n) is 1.50. The van der Waals surface area contributed by atoms with Gasteiger partial charge in [-0.3, -0.25) is 9.59 Å². The molecule has 0 saturated heterocycles. The molecular formula is C12H25ClN2O3. The number of hydrogen-bond acceptors (Lipinski definition) is 4. The topological polar surface area (TPSA) is 81.4 Å². The molecule has 0 aromatic rings. The first-order valence-corrected chi connectivity index (χ1v) is 6.16. The highest BCUT2D eigenvalue weighted by Crippen LogP contribution is 2.08. The van der Waals surface area contributed by atoms with Crippen LogP contribution in [0.1, 0.15) is 46.5 Å². The number of ether oxygens (including phenoxy) is 1. The van der Waals surface area contributed by atoms with Gasteiger partial charge in [0.1, 0.15) is 0 Å². The van der Waals surface area contributed by atoms with E-state index in [2.05, 4.69) is 5.32 Å². The number of nitrogens with one attached hydrogen (secondary N) is 1. The number of rotatable bonds is 8. The molecule has 0 aromatic heterocycles. The Labute approximate surface area is 115 Å². The Balaban J connectivity index is 0. The highest BCUT2D eigenvalue weighted by Gasteiger charge is 2.26. The van der Waals surface area contributed by atoms with Crippen molar-refractivity contribution in [1.29, 1.82) is 0 Å². The molecule has 6 heteroatoms. The first-order valence-electron chi connectivity index (χ1n) is 6.16. The molecule has 0 spiro atoms. The molecule has 0 aromatic carbocycles. The first kappa shape index (κ1) is 19.5. The van der Waals surface area contributed by atoms with Gasteiger partial charge in [-0.1, -0.05) is 13.3 Å². The van der Waals surface area contributed by atoms with Gasteiger partial charge in [0, 0.05) is 13.0 Å². The summed E-state index contributed by atoms with van der Waals surface area (Å²) in [6, 6.07) is 0. The summed E-state index contributed by atoms with van der Waals surface area (Å²) in [5, 5.41) is 2.73. The number of halogens is 1. The van der Waals surface area contributed by atoms with Crippen molar-refractivity contribution < 1.29 is 14.3 Å². The van der Waals surface area contributed by atoms with Gasteiger partial charge >= 0.3 is 5.97 Å². The van der Waals surface area contributed by atoms with Crippen LogP contribution >= 0.6 is 12.4 Å². The number of amides is 1. The van der Waals surface area contributed by atoms with Gasteiger partial charge in [0.15, 0.2) is 0 Å². The quantitative estimate of drug-likeness (QED) is 0.520. The van der Waals surface area contributed by atoms with Crippen molar-refractivity contribution in [2.45, 2.75) is 52.0 Å². The average Bonchev–Trinajstić information content (AvgIpc) is 2.24. The van der Waals surface area contributed by atoms with Crippen molar-refractivity contribution in [3.8, 4) is 0 Å². The van der Waals surface area contributed by atoms with Crippen LogP contribution < -0.4 is 11.1 Å². The lowest BCUT2D eigenvalue weighted by Gasteiger charge is -2.22. The Morgan fingerprint density at radius 3 is 2.44 bits per heavy atom. The first-order chi connectivity index (χ1) is 7.94. The van der Waals surface area contributed by atoms with Crippen molar-refractivity contribution in [3.63, 3.8) is 0 Å². The molecule has 0 saturated carbocycles. The van der Waals surface area contributed by atoms with Gasteiger partial charge in [-0.2, -0.15) is 0 Å². The van der Waals surface area contributed by atoms with Crippen LogP contribution in [-0.4, -0.2) is 30.6 Å². The van der Waals surface area contributed by atoms with Crippen molar-refractivity contribution in [2.24, 2.45) is 5.73 Å². The van der Waals surface area contributed by atoms with Gasteiger partial charge in [0.25, 0.3) is 0 Å². The predicted molar refractivity (Wildman–Crippen MR) is 73.6 cm³/mol. The van der Waals surface area contributed by atoms with Crippen molar-refractivity contribution >= 4 is 24.3 Å². The zero-order valence-corrected chi connectivity index (χ0v) is 12.3. The van der Waals surface area contributed by atoms with Crippen LogP contribution in [0.15, 0.2) is 0 Å². The fourth-order valence-corrected chi connectivity index (χ4v) is 1.50. The lowest BCUT2D eigenvalue weighted by atomic mass is 9.96. The summed E-state index contributed by atoms with van der Waals surface area (Å²) in [6.45, 7) is 6.32. The minimum absolute atomic E-state index is 0. The summed E-state index contributed by atoms with van der Waals surface area (Å²) in [5.74, 6) is -0.394. The Morgan fingerprint density at radius 1 is 1.33 bits per heavy atom. The molecule has 0 fully saturated rings. The Bertz CT molecular complexity index is 258. The molecule has 108 valence electrons.